The largest absolute Gasteiger partial charge is 0.491 e. The molecule has 0 fully saturated rings. The molecule has 0 saturated heterocycles. The van der Waals surface area contributed by atoms with Gasteiger partial charge in [-0.3, -0.25) is 4.79 Å². The van der Waals surface area contributed by atoms with E-state index in [0.717, 1.165) is 6.07 Å². The molecule has 3 rings (SSSR count). The highest BCUT2D eigenvalue weighted by atomic mass is 32.2. The van der Waals surface area contributed by atoms with Crippen LogP contribution in [-0.4, -0.2) is 37.8 Å². The van der Waals surface area contributed by atoms with Gasteiger partial charge < -0.3 is 10.1 Å². The molecule has 0 aliphatic heterocycles. The van der Waals surface area contributed by atoms with Crippen molar-refractivity contribution in [3.63, 3.8) is 0 Å². The molecule has 1 aromatic carbocycles. The fraction of sp³-hybridized carbons (Fsp3) is 0.429. The number of aryl methyl sites for hydroxylation is 2. The van der Waals surface area contributed by atoms with E-state index < -0.39 is 17.6 Å². The summed E-state index contributed by atoms with van der Waals surface area (Å²) in [5, 5.41) is 7.48. The standard InChI is InChI=1S/C21H24F3N5O2S/c1-11(2)31-15-7-6-14(17(8-15)21(22,23)24)10-25-18(30)9-16-12(3)26-19-27-20(32-5)28-29(19)13(16)4/h6-8,11H,9-10H2,1-5H3,(H,25,30). The van der Waals surface area contributed by atoms with Crippen LogP contribution in [0.15, 0.2) is 23.4 Å². The second-order valence-corrected chi connectivity index (χ2v) is 8.28. The van der Waals surface area contributed by atoms with E-state index in [1.165, 1.54) is 23.9 Å². The van der Waals surface area contributed by atoms with Gasteiger partial charge in [-0.05, 0) is 51.6 Å². The highest BCUT2D eigenvalue weighted by Crippen LogP contribution is 2.34. The summed E-state index contributed by atoms with van der Waals surface area (Å²) in [6.45, 7) is 6.78. The first-order valence-electron chi connectivity index (χ1n) is 9.90. The lowest BCUT2D eigenvalue weighted by atomic mass is 10.1. The molecule has 0 radical (unpaired) electrons. The van der Waals surface area contributed by atoms with E-state index in [1.54, 1.807) is 32.2 Å². The number of aromatic nitrogens is 4. The van der Waals surface area contributed by atoms with Gasteiger partial charge in [-0.2, -0.15) is 18.2 Å². The Balaban J connectivity index is 1.78. The lowest BCUT2D eigenvalue weighted by molar-refractivity contribution is -0.138. The molecule has 2 heterocycles. The van der Waals surface area contributed by atoms with Gasteiger partial charge in [-0.15, -0.1) is 5.10 Å². The molecule has 7 nitrogen and oxygen atoms in total. The van der Waals surface area contributed by atoms with Crippen LogP contribution in [-0.2, 0) is 23.9 Å². The molecule has 1 amide bonds. The number of ether oxygens (including phenoxy) is 1. The SMILES string of the molecule is CSc1nc2nc(C)c(CC(=O)NCc3ccc(OC(C)C)cc3C(F)(F)F)c(C)n2n1. The van der Waals surface area contributed by atoms with Crippen LogP contribution >= 0.6 is 11.8 Å². The number of fused-ring (bicyclic) bond motifs is 1. The van der Waals surface area contributed by atoms with Gasteiger partial charge in [0, 0.05) is 23.5 Å². The van der Waals surface area contributed by atoms with Gasteiger partial charge in [-0.1, -0.05) is 17.8 Å². The van der Waals surface area contributed by atoms with Gasteiger partial charge in [0.15, 0.2) is 0 Å². The number of nitrogens with one attached hydrogen (secondary N) is 1. The second-order valence-electron chi connectivity index (χ2n) is 7.51. The van der Waals surface area contributed by atoms with E-state index >= 15 is 0 Å². The average molecular weight is 468 g/mol. The number of rotatable bonds is 7. The van der Waals surface area contributed by atoms with Crippen molar-refractivity contribution in [1.29, 1.82) is 0 Å². The Labute approximate surface area is 187 Å². The molecule has 0 saturated carbocycles. The molecular formula is C21H24F3N5O2S. The van der Waals surface area contributed by atoms with Crippen molar-refractivity contribution in [2.24, 2.45) is 0 Å². The number of halogens is 3. The summed E-state index contributed by atoms with van der Waals surface area (Å²) in [4.78, 5) is 21.2. The molecule has 2 aromatic heterocycles. The zero-order valence-corrected chi connectivity index (χ0v) is 19.2. The lowest BCUT2D eigenvalue weighted by Gasteiger charge is -2.17. The highest BCUT2D eigenvalue weighted by molar-refractivity contribution is 7.98. The number of benzene rings is 1. The van der Waals surface area contributed by atoms with Crippen LogP contribution in [0.25, 0.3) is 5.78 Å². The molecule has 1 N–H and O–H groups in total. The van der Waals surface area contributed by atoms with Crippen LogP contribution in [0.5, 0.6) is 5.75 Å². The Morgan fingerprint density at radius 1 is 1.25 bits per heavy atom. The normalized spacial score (nSPS) is 11.9. The van der Waals surface area contributed by atoms with Crippen molar-refractivity contribution in [2.45, 2.75) is 58.1 Å². The number of hydrogen-bond donors (Lipinski definition) is 1. The van der Waals surface area contributed by atoms with Gasteiger partial charge in [0.1, 0.15) is 5.75 Å². The fourth-order valence-electron chi connectivity index (χ4n) is 3.27. The topological polar surface area (TPSA) is 81.4 Å². The van der Waals surface area contributed by atoms with Crippen molar-refractivity contribution < 1.29 is 22.7 Å². The molecule has 0 atom stereocenters. The van der Waals surface area contributed by atoms with E-state index in [4.69, 9.17) is 4.74 Å². The molecule has 11 heteroatoms. The van der Waals surface area contributed by atoms with Gasteiger partial charge in [-0.25, -0.2) is 9.50 Å². The first-order valence-corrected chi connectivity index (χ1v) is 11.1. The molecule has 32 heavy (non-hydrogen) atoms. The van der Waals surface area contributed by atoms with Crippen LogP contribution in [0.2, 0.25) is 0 Å². The van der Waals surface area contributed by atoms with Gasteiger partial charge in [0.25, 0.3) is 5.78 Å². The number of carbonyl (C=O) groups excluding carboxylic acids is 1. The van der Waals surface area contributed by atoms with E-state index in [2.05, 4.69) is 20.4 Å². The third-order valence-electron chi connectivity index (χ3n) is 4.78. The Morgan fingerprint density at radius 2 is 1.97 bits per heavy atom. The number of carbonyl (C=O) groups is 1. The third kappa shape index (κ3) is 5.32. The third-order valence-corrected chi connectivity index (χ3v) is 5.32. The maximum absolute atomic E-state index is 13.5. The maximum atomic E-state index is 13.5. The Morgan fingerprint density at radius 3 is 2.59 bits per heavy atom. The summed E-state index contributed by atoms with van der Waals surface area (Å²) in [7, 11) is 0. The van der Waals surface area contributed by atoms with Crippen LogP contribution in [0.4, 0.5) is 13.2 Å². The maximum Gasteiger partial charge on any atom is 0.416 e. The van der Waals surface area contributed by atoms with Crippen LogP contribution in [0.3, 0.4) is 0 Å². The number of amides is 1. The molecule has 0 spiro atoms. The summed E-state index contributed by atoms with van der Waals surface area (Å²) < 4.78 is 47.5. The quantitative estimate of drug-likeness (QED) is 0.527. The molecule has 172 valence electrons. The van der Waals surface area contributed by atoms with Gasteiger partial charge in [0.2, 0.25) is 11.1 Å². The minimum absolute atomic E-state index is 0.0367. The number of alkyl halides is 3. The zero-order valence-electron chi connectivity index (χ0n) is 18.4. The Kier molecular flexibility index (Phi) is 6.97. The van der Waals surface area contributed by atoms with Crippen molar-refractivity contribution in [3.8, 4) is 5.75 Å². The summed E-state index contributed by atoms with van der Waals surface area (Å²) in [6, 6.07) is 3.75. The number of hydrogen-bond acceptors (Lipinski definition) is 6. The summed E-state index contributed by atoms with van der Waals surface area (Å²) in [5.41, 5.74) is 1.12. The predicted octanol–water partition coefficient (Wildman–Crippen LogP) is 4.13. The van der Waals surface area contributed by atoms with Crippen molar-refractivity contribution in [1.82, 2.24) is 24.9 Å². The van der Waals surface area contributed by atoms with Crippen LogP contribution < -0.4 is 10.1 Å². The van der Waals surface area contributed by atoms with Gasteiger partial charge in [0.05, 0.1) is 18.1 Å². The van der Waals surface area contributed by atoms with E-state index in [1.807, 2.05) is 6.26 Å². The molecular weight excluding hydrogens is 443 g/mol. The molecule has 0 aliphatic rings. The molecule has 0 bridgehead atoms. The van der Waals surface area contributed by atoms with E-state index in [0.29, 0.717) is 27.9 Å². The highest BCUT2D eigenvalue weighted by Gasteiger charge is 2.34. The summed E-state index contributed by atoms with van der Waals surface area (Å²) >= 11 is 1.38. The lowest BCUT2D eigenvalue weighted by Crippen LogP contribution is -2.27. The minimum atomic E-state index is -4.57. The van der Waals surface area contributed by atoms with Crippen molar-refractivity contribution in [3.05, 3.63) is 46.3 Å². The van der Waals surface area contributed by atoms with Gasteiger partial charge >= 0.3 is 6.18 Å². The second kappa shape index (κ2) is 9.35. The van der Waals surface area contributed by atoms with Crippen molar-refractivity contribution >= 4 is 23.4 Å². The average Bonchev–Trinajstić information content (AvgIpc) is 3.12. The molecule has 3 aromatic rings. The minimum Gasteiger partial charge on any atom is -0.491 e. The van der Waals surface area contributed by atoms with Crippen molar-refractivity contribution in [2.75, 3.05) is 6.26 Å². The Bertz CT molecular complexity index is 1140. The predicted molar refractivity (Wildman–Crippen MR) is 115 cm³/mol. The first-order chi connectivity index (χ1) is 15.0. The van der Waals surface area contributed by atoms with E-state index in [-0.39, 0.29) is 30.4 Å². The summed E-state index contributed by atoms with van der Waals surface area (Å²) in [6.07, 6.45) is -3.01. The smallest absolute Gasteiger partial charge is 0.416 e. The van der Waals surface area contributed by atoms with Crippen LogP contribution in [0, 0.1) is 13.8 Å². The fourth-order valence-corrected chi connectivity index (χ4v) is 3.60. The number of nitrogens with zero attached hydrogens (tertiary/aromatic N) is 4. The molecule has 0 aliphatic carbocycles. The number of thioether (sulfide) groups is 1. The van der Waals surface area contributed by atoms with E-state index in [9.17, 15) is 18.0 Å². The molecule has 0 unspecified atom stereocenters. The summed E-state index contributed by atoms with van der Waals surface area (Å²) in [5.74, 6) is 0.149. The first kappa shape index (κ1) is 23.8. The zero-order chi connectivity index (χ0) is 23.6. The monoisotopic (exact) mass is 467 g/mol. The van der Waals surface area contributed by atoms with Crippen LogP contribution in [0.1, 0.15) is 41.9 Å². The Hall–Kier alpha value is -2.82.